The summed E-state index contributed by atoms with van der Waals surface area (Å²) >= 11 is 1.68. The van der Waals surface area contributed by atoms with E-state index >= 15 is 0 Å². The van der Waals surface area contributed by atoms with Crippen LogP contribution >= 0.6 is 11.3 Å². The first-order valence-corrected chi connectivity index (χ1v) is 8.02. The lowest BCUT2D eigenvalue weighted by molar-refractivity contribution is 0.298. The third-order valence-corrected chi connectivity index (χ3v) is 4.23. The largest absolute Gasteiger partial charge is 0.493 e. The third kappa shape index (κ3) is 4.44. The highest BCUT2D eigenvalue weighted by Gasteiger charge is 2.07. The molecule has 0 amide bonds. The van der Waals surface area contributed by atoms with Crippen LogP contribution < -0.4 is 14.8 Å². The van der Waals surface area contributed by atoms with E-state index in [4.69, 9.17) is 9.47 Å². The Balaban J connectivity index is 1.94. The molecule has 2 aromatic rings. The van der Waals surface area contributed by atoms with Crippen molar-refractivity contribution >= 4 is 11.3 Å². The molecule has 1 N–H and O–H groups in total. The predicted molar refractivity (Wildman–Crippen MR) is 86.4 cm³/mol. The van der Waals surface area contributed by atoms with Crippen LogP contribution in [0.4, 0.5) is 0 Å². The maximum absolute atomic E-state index is 5.85. The number of aryl methyl sites for hydroxylation is 1. The molecule has 1 aromatic heterocycles. The molecule has 2 rings (SSSR count). The number of hydrogen-bond acceptors (Lipinski definition) is 5. The first kappa shape index (κ1) is 15.8. The fraction of sp³-hybridized carbons (Fsp3) is 0.438. The molecule has 0 aliphatic carbocycles. The van der Waals surface area contributed by atoms with Crippen LogP contribution in [0.15, 0.2) is 23.7 Å². The molecule has 0 saturated heterocycles. The van der Waals surface area contributed by atoms with Gasteiger partial charge in [-0.25, -0.2) is 4.98 Å². The second-order valence-corrected chi connectivity index (χ2v) is 5.66. The van der Waals surface area contributed by atoms with Crippen LogP contribution in [-0.4, -0.2) is 25.2 Å². The van der Waals surface area contributed by atoms with Crippen LogP contribution in [0.25, 0.3) is 0 Å². The van der Waals surface area contributed by atoms with Crippen molar-refractivity contribution in [2.75, 3.05) is 20.3 Å². The monoisotopic (exact) mass is 306 g/mol. The first-order valence-electron chi connectivity index (χ1n) is 7.14. The summed E-state index contributed by atoms with van der Waals surface area (Å²) < 4.78 is 11.3. The summed E-state index contributed by atoms with van der Waals surface area (Å²) in [5.74, 6) is 1.58. The number of nitrogens with zero attached hydrogens (tertiary/aromatic N) is 1. The Kier molecular flexibility index (Phi) is 6.02. The van der Waals surface area contributed by atoms with Crippen molar-refractivity contribution in [1.29, 1.82) is 0 Å². The second kappa shape index (κ2) is 8.00. The minimum atomic E-state index is 0.631. The Morgan fingerprint density at radius 2 is 2.14 bits per heavy atom. The van der Waals surface area contributed by atoms with E-state index in [1.807, 2.05) is 24.6 Å². The molecule has 1 aromatic carbocycles. The first-order chi connectivity index (χ1) is 10.2. The number of aromatic nitrogens is 1. The van der Waals surface area contributed by atoms with Crippen LogP contribution in [0.1, 0.15) is 23.1 Å². The van der Waals surface area contributed by atoms with Gasteiger partial charge in [0, 0.05) is 17.8 Å². The molecule has 0 aliphatic rings. The Hall–Kier alpha value is -1.59. The van der Waals surface area contributed by atoms with E-state index in [-0.39, 0.29) is 0 Å². The molecule has 114 valence electrons. The quantitative estimate of drug-likeness (QED) is 0.813. The van der Waals surface area contributed by atoms with Gasteiger partial charge in [-0.15, -0.1) is 11.3 Å². The average molecular weight is 306 g/mol. The number of benzene rings is 1. The zero-order valence-corrected chi connectivity index (χ0v) is 13.6. The maximum atomic E-state index is 5.85. The Morgan fingerprint density at radius 3 is 2.81 bits per heavy atom. The topological polar surface area (TPSA) is 43.4 Å². The van der Waals surface area contributed by atoms with Crippen molar-refractivity contribution in [2.24, 2.45) is 0 Å². The standard InChI is InChI=1S/C16H22N2O2S/c1-4-17-10-13-5-6-14(15(9-13)19-3)20-8-7-16-12(2)18-11-21-16/h5-6,9,11,17H,4,7-8,10H2,1-3H3. The fourth-order valence-corrected chi connectivity index (χ4v) is 2.79. The summed E-state index contributed by atoms with van der Waals surface area (Å²) in [4.78, 5) is 5.52. The van der Waals surface area contributed by atoms with Crippen LogP contribution in [0, 0.1) is 6.92 Å². The van der Waals surface area contributed by atoms with Gasteiger partial charge in [-0.05, 0) is 31.2 Å². The molecule has 0 bridgehead atoms. The third-order valence-electron chi connectivity index (χ3n) is 3.24. The van der Waals surface area contributed by atoms with Gasteiger partial charge in [0.05, 0.1) is 24.9 Å². The van der Waals surface area contributed by atoms with E-state index in [9.17, 15) is 0 Å². The van der Waals surface area contributed by atoms with E-state index in [2.05, 4.69) is 23.3 Å². The lowest BCUT2D eigenvalue weighted by Gasteiger charge is -2.12. The number of ether oxygens (including phenoxy) is 2. The number of rotatable bonds is 8. The van der Waals surface area contributed by atoms with Gasteiger partial charge in [-0.3, -0.25) is 0 Å². The number of thiazole rings is 1. The fourth-order valence-electron chi connectivity index (χ4n) is 2.03. The van der Waals surface area contributed by atoms with Gasteiger partial charge in [-0.2, -0.15) is 0 Å². The SMILES string of the molecule is CCNCc1ccc(OCCc2scnc2C)c(OC)c1. The lowest BCUT2D eigenvalue weighted by Crippen LogP contribution is -2.11. The van der Waals surface area contributed by atoms with Crippen molar-refractivity contribution < 1.29 is 9.47 Å². The van der Waals surface area contributed by atoms with E-state index in [1.165, 1.54) is 10.4 Å². The van der Waals surface area contributed by atoms with Crippen molar-refractivity contribution in [3.8, 4) is 11.5 Å². The smallest absolute Gasteiger partial charge is 0.161 e. The van der Waals surface area contributed by atoms with Crippen LogP contribution in [0.3, 0.4) is 0 Å². The molecule has 0 spiro atoms. The summed E-state index contributed by atoms with van der Waals surface area (Å²) in [6.07, 6.45) is 0.874. The Morgan fingerprint density at radius 1 is 1.29 bits per heavy atom. The van der Waals surface area contributed by atoms with Gasteiger partial charge < -0.3 is 14.8 Å². The molecule has 0 saturated carbocycles. The van der Waals surface area contributed by atoms with Gasteiger partial charge in [0.25, 0.3) is 0 Å². The average Bonchev–Trinajstić information content (AvgIpc) is 2.91. The minimum Gasteiger partial charge on any atom is -0.493 e. The maximum Gasteiger partial charge on any atom is 0.161 e. The molecule has 0 aliphatic heterocycles. The minimum absolute atomic E-state index is 0.631. The molecule has 1 heterocycles. The van der Waals surface area contributed by atoms with Crippen molar-refractivity contribution in [3.63, 3.8) is 0 Å². The zero-order chi connectivity index (χ0) is 15.1. The molecule has 0 unspecified atom stereocenters. The molecule has 0 radical (unpaired) electrons. The van der Waals surface area contributed by atoms with Gasteiger partial charge in [0.2, 0.25) is 0 Å². The molecule has 0 atom stereocenters. The number of hydrogen-bond donors (Lipinski definition) is 1. The lowest BCUT2D eigenvalue weighted by atomic mass is 10.2. The molecular formula is C16H22N2O2S. The van der Waals surface area contributed by atoms with Gasteiger partial charge >= 0.3 is 0 Å². The summed E-state index contributed by atoms with van der Waals surface area (Å²) in [6.45, 7) is 6.55. The summed E-state index contributed by atoms with van der Waals surface area (Å²) in [6, 6.07) is 6.07. The van der Waals surface area contributed by atoms with Crippen LogP contribution in [0.5, 0.6) is 11.5 Å². The molecule has 4 nitrogen and oxygen atoms in total. The highest BCUT2D eigenvalue weighted by atomic mass is 32.1. The molecule has 5 heteroatoms. The van der Waals surface area contributed by atoms with Gasteiger partial charge in [-0.1, -0.05) is 13.0 Å². The van der Waals surface area contributed by atoms with Crippen LogP contribution in [0.2, 0.25) is 0 Å². The van der Waals surface area contributed by atoms with Gasteiger partial charge in [0.15, 0.2) is 11.5 Å². The number of nitrogens with one attached hydrogen (secondary N) is 1. The number of methoxy groups -OCH3 is 1. The van der Waals surface area contributed by atoms with Crippen molar-refractivity contribution in [3.05, 3.63) is 39.8 Å². The predicted octanol–water partition coefficient (Wildman–Crippen LogP) is 3.19. The van der Waals surface area contributed by atoms with Crippen LogP contribution in [-0.2, 0) is 13.0 Å². The summed E-state index contributed by atoms with van der Waals surface area (Å²) in [5, 5.41) is 3.30. The highest BCUT2D eigenvalue weighted by molar-refractivity contribution is 7.09. The summed E-state index contributed by atoms with van der Waals surface area (Å²) in [5.41, 5.74) is 4.16. The van der Waals surface area contributed by atoms with E-state index in [0.717, 1.165) is 36.7 Å². The van der Waals surface area contributed by atoms with E-state index in [1.54, 1.807) is 18.4 Å². The van der Waals surface area contributed by atoms with Crippen molar-refractivity contribution in [2.45, 2.75) is 26.8 Å². The van der Waals surface area contributed by atoms with E-state index in [0.29, 0.717) is 6.61 Å². The highest BCUT2D eigenvalue weighted by Crippen LogP contribution is 2.28. The van der Waals surface area contributed by atoms with E-state index < -0.39 is 0 Å². The zero-order valence-electron chi connectivity index (χ0n) is 12.8. The molecular weight excluding hydrogens is 284 g/mol. The molecule has 21 heavy (non-hydrogen) atoms. The Labute approximate surface area is 130 Å². The normalized spacial score (nSPS) is 10.6. The van der Waals surface area contributed by atoms with Crippen molar-refractivity contribution in [1.82, 2.24) is 10.3 Å². The summed E-state index contributed by atoms with van der Waals surface area (Å²) in [7, 11) is 1.67. The Bertz CT molecular complexity index is 569. The second-order valence-electron chi connectivity index (χ2n) is 4.72. The molecule has 0 fully saturated rings. The van der Waals surface area contributed by atoms with Gasteiger partial charge in [0.1, 0.15) is 0 Å².